The summed E-state index contributed by atoms with van der Waals surface area (Å²) in [5.74, 6) is 0.695. The maximum atomic E-state index is 11.7. The van der Waals surface area contributed by atoms with Crippen molar-refractivity contribution in [3.63, 3.8) is 0 Å². The lowest BCUT2D eigenvalue weighted by molar-refractivity contribution is -0.127. The number of anilines is 1. The van der Waals surface area contributed by atoms with Crippen LogP contribution in [0.15, 0.2) is 47.0 Å². The summed E-state index contributed by atoms with van der Waals surface area (Å²) in [4.78, 5) is 22.3. The van der Waals surface area contributed by atoms with Crippen molar-refractivity contribution in [2.75, 3.05) is 25.0 Å². The molecular weight excluding hydrogens is 432 g/mol. The fourth-order valence-electron chi connectivity index (χ4n) is 3.43. The van der Waals surface area contributed by atoms with Crippen molar-refractivity contribution in [2.45, 2.75) is 19.3 Å². The van der Waals surface area contributed by atoms with E-state index >= 15 is 0 Å². The molecule has 1 aromatic heterocycles. The Morgan fingerprint density at radius 1 is 1.39 bits per heavy atom. The fraction of sp³-hybridized carbons (Fsp3) is 0.273. The highest BCUT2D eigenvalue weighted by Crippen LogP contribution is 2.35. The smallest absolute Gasteiger partial charge is 0.223 e. The molecule has 1 saturated heterocycles. The van der Waals surface area contributed by atoms with Crippen molar-refractivity contribution in [1.29, 1.82) is 5.26 Å². The molecule has 7 nitrogen and oxygen atoms in total. The molecule has 4 rings (SSSR count). The van der Waals surface area contributed by atoms with Gasteiger partial charge in [-0.25, -0.2) is 9.97 Å². The first-order valence-electron chi connectivity index (χ1n) is 10.0. The molecule has 1 amide bonds. The van der Waals surface area contributed by atoms with E-state index in [9.17, 15) is 10.1 Å². The molecular formula is C22H21ClN6OS. The summed E-state index contributed by atoms with van der Waals surface area (Å²) >= 11 is 7.53. The third-order valence-electron chi connectivity index (χ3n) is 4.99. The van der Waals surface area contributed by atoms with E-state index in [2.05, 4.69) is 26.7 Å². The number of rotatable bonds is 7. The molecule has 0 aliphatic carbocycles. The molecule has 2 aromatic rings. The van der Waals surface area contributed by atoms with Crippen LogP contribution >= 0.6 is 23.4 Å². The molecule has 0 spiro atoms. The van der Waals surface area contributed by atoms with E-state index in [-0.39, 0.29) is 5.91 Å². The first-order chi connectivity index (χ1) is 15.1. The molecule has 9 heteroatoms. The number of hydrogen-bond donors (Lipinski definition) is 2. The summed E-state index contributed by atoms with van der Waals surface area (Å²) < 4.78 is 0. The van der Waals surface area contributed by atoms with Crippen molar-refractivity contribution >= 4 is 46.5 Å². The number of nitrogens with zero attached hydrogens (tertiary/aromatic N) is 4. The number of likely N-dealkylation sites (tertiary alicyclic amines) is 1. The van der Waals surface area contributed by atoms with Crippen LogP contribution in [0, 0.1) is 11.3 Å². The normalized spacial score (nSPS) is 17.2. The third-order valence-corrected chi connectivity index (χ3v) is 6.12. The topological polar surface area (TPSA) is 93.9 Å². The van der Waals surface area contributed by atoms with E-state index in [0.29, 0.717) is 35.2 Å². The minimum Gasteiger partial charge on any atom is -0.354 e. The van der Waals surface area contributed by atoms with Crippen LogP contribution in [0.3, 0.4) is 0 Å². The number of aromatic nitrogens is 2. The zero-order chi connectivity index (χ0) is 21.6. The van der Waals surface area contributed by atoms with Gasteiger partial charge in [-0.05, 0) is 36.6 Å². The van der Waals surface area contributed by atoms with Gasteiger partial charge < -0.3 is 15.5 Å². The molecule has 2 aliphatic rings. The lowest BCUT2D eigenvalue weighted by Crippen LogP contribution is -2.27. The van der Waals surface area contributed by atoms with E-state index < -0.39 is 0 Å². The number of carbonyl (C=O) groups excluding carboxylic acids is 1. The average molecular weight is 453 g/mol. The number of halogens is 1. The highest BCUT2D eigenvalue weighted by molar-refractivity contribution is 8.06. The van der Waals surface area contributed by atoms with E-state index in [4.69, 9.17) is 11.6 Å². The molecule has 2 aliphatic heterocycles. The molecule has 0 bridgehead atoms. The van der Waals surface area contributed by atoms with Gasteiger partial charge in [0.1, 0.15) is 11.6 Å². The number of nitriles is 1. The fourth-order valence-corrected chi connectivity index (χ4v) is 4.49. The van der Waals surface area contributed by atoms with Gasteiger partial charge in [0.2, 0.25) is 11.9 Å². The molecule has 0 radical (unpaired) electrons. The van der Waals surface area contributed by atoms with Gasteiger partial charge in [-0.2, -0.15) is 5.26 Å². The Bertz CT molecular complexity index is 1090. The van der Waals surface area contributed by atoms with E-state index in [1.165, 1.54) is 11.8 Å². The largest absolute Gasteiger partial charge is 0.354 e. The molecule has 0 saturated carbocycles. The van der Waals surface area contributed by atoms with Gasteiger partial charge in [0.25, 0.3) is 0 Å². The van der Waals surface area contributed by atoms with Crippen molar-refractivity contribution in [3.05, 3.63) is 63.2 Å². The SMILES string of the molecule is N#CC(=C1NC(c2cccc(Cl)c2)=CS1)c1ccnc(NCCCN2CCCC2=O)n1. The van der Waals surface area contributed by atoms with Crippen molar-refractivity contribution in [2.24, 2.45) is 0 Å². The van der Waals surface area contributed by atoms with E-state index in [1.807, 2.05) is 34.6 Å². The monoisotopic (exact) mass is 452 g/mol. The number of carbonyl (C=O) groups is 1. The molecule has 0 atom stereocenters. The van der Waals surface area contributed by atoms with Gasteiger partial charge in [-0.3, -0.25) is 4.79 Å². The van der Waals surface area contributed by atoms with Crippen LogP contribution in [-0.4, -0.2) is 40.4 Å². The molecule has 3 heterocycles. The van der Waals surface area contributed by atoms with Crippen LogP contribution < -0.4 is 10.6 Å². The zero-order valence-electron chi connectivity index (χ0n) is 16.8. The minimum atomic E-state index is 0.232. The summed E-state index contributed by atoms with van der Waals surface area (Å²) in [6, 6.07) is 11.5. The van der Waals surface area contributed by atoms with Crippen LogP contribution in [0.5, 0.6) is 0 Å². The number of hydrogen-bond acceptors (Lipinski definition) is 7. The Labute approximate surface area is 190 Å². The molecule has 1 aromatic carbocycles. The van der Waals surface area contributed by atoms with Crippen molar-refractivity contribution < 1.29 is 4.79 Å². The van der Waals surface area contributed by atoms with Gasteiger partial charge in [0, 0.05) is 42.7 Å². The highest BCUT2D eigenvalue weighted by atomic mass is 35.5. The number of allylic oxidation sites excluding steroid dienone is 1. The third kappa shape index (κ3) is 5.19. The van der Waals surface area contributed by atoms with Crippen LogP contribution in [0.1, 0.15) is 30.5 Å². The zero-order valence-corrected chi connectivity index (χ0v) is 18.3. The molecule has 158 valence electrons. The number of benzene rings is 1. The Kier molecular flexibility index (Phi) is 6.75. The molecule has 2 N–H and O–H groups in total. The van der Waals surface area contributed by atoms with E-state index in [0.717, 1.165) is 42.2 Å². The average Bonchev–Trinajstić information content (AvgIpc) is 3.42. The van der Waals surface area contributed by atoms with Gasteiger partial charge >= 0.3 is 0 Å². The van der Waals surface area contributed by atoms with Crippen LogP contribution in [0.2, 0.25) is 5.02 Å². The quantitative estimate of drug-likeness (QED) is 0.482. The van der Waals surface area contributed by atoms with E-state index in [1.54, 1.807) is 12.3 Å². The molecule has 1 fully saturated rings. The van der Waals surface area contributed by atoms with Gasteiger partial charge in [0.15, 0.2) is 0 Å². The molecule has 0 unspecified atom stereocenters. The second kappa shape index (κ2) is 9.86. The number of nitrogens with one attached hydrogen (secondary N) is 2. The Balaban J connectivity index is 1.40. The summed E-state index contributed by atoms with van der Waals surface area (Å²) in [6.45, 7) is 2.23. The lowest BCUT2D eigenvalue weighted by atomic mass is 10.1. The first kappa shape index (κ1) is 21.2. The first-order valence-corrected chi connectivity index (χ1v) is 11.3. The molecule has 31 heavy (non-hydrogen) atoms. The summed E-state index contributed by atoms with van der Waals surface area (Å²) in [6.07, 6.45) is 4.06. The second-order valence-electron chi connectivity index (χ2n) is 7.13. The van der Waals surface area contributed by atoms with Crippen molar-refractivity contribution in [1.82, 2.24) is 20.2 Å². The van der Waals surface area contributed by atoms with Gasteiger partial charge in [0.05, 0.1) is 16.4 Å². The Morgan fingerprint density at radius 3 is 3.06 bits per heavy atom. The van der Waals surface area contributed by atoms with Crippen molar-refractivity contribution in [3.8, 4) is 6.07 Å². The lowest BCUT2D eigenvalue weighted by Gasteiger charge is -2.15. The van der Waals surface area contributed by atoms with Crippen LogP contribution in [0.25, 0.3) is 11.3 Å². The van der Waals surface area contributed by atoms with Gasteiger partial charge in [-0.1, -0.05) is 35.5 Å². The summed E-state index contributed by atoms with van der Waals surface area (Å²) in [5, 5.41) is 19.6. The van der Waals surface area contributed by atoms with Crippen LogP contribution in [0.4, 0.5) is 5.95 Å². The maximum absolute atomic E-state index is 11.7. The van der Waals surface area contributed by atoms with Gasteiger partial charge in [-0.15, -0.1) is 0 Å². The minimum absolute atomic E-state index is 0.232. The Hall–Kier alpha value is -3.02. The maximum Gasteiger partial charge on any atom is 0.223 e. The second-order valence-corrected chi connectivity index (χ2v) is 8.45. The Morgan fingerprint density at radius 2 is 2.29 bits per heavy atom. The summed E-state index contributed by atoms with van der Waals surface area (Å²) in [7, 11) is 0. The van der Waals surface area contributed by atoms with Crippen LogP contribution in [-0.2, 0) is 4.79 Å². The summed E-state index contributed by atoms with van der Waals surface area (Å²) in [5.41, 5.74) is 2.84. The number of amides is 1. The highest BCUT2D eigenvalue weighted by Gasteiger charge is 2.20. The standard InChI is InChI=1S/C22H21ClN6OS/c23-16-5-1-4-15(12-16)19-14-31-21(27-19)17(13-24)18-7-9-26-22(28-18)25-8-3-11-29-10-2-6-20(29)30/h1,4-5,7,9,12,14,27H,2-3,6,8,10-11H2,(H,25,26,28). The number of thioether (sulfide) groups is 1. The predicted molar refractivity (Wildman–Crippen MR) is 124 cm³/mol. The predicted octanol–water partition coefficient (Wildman–Crippen LogP) is 4.08.